The molecule has 9 nitrogen and oxygen atoms in total. The van der Waals surface area contributed by atoms with Gasteiger partial charge in [-0.25, -0.2) is 4.79 Å². The second-order valence-corrected chi connectivity index (χ2v) is 11.8. The lowest BCUT2D eigenvalue weighted by molar-refractivity contribution is -0.133. The Morgan fingerprint density at radius 1 is 0.596 bits per heavy atom. The highest BCUT2D eigenvalue weighted by molar-refractivity contribution is 5.98. The molecule has 5 rings (SSSR count). The number of epoxide rings is 1. The van der Waals surface area contributed by atoms with Gasteiger partial charge in [-0.05, 0) is 35.6 Å². The quantitative estimate of drug-likeness (QED) is 0.167. The highest BCUT2D eigenvalue weighted by Crippen LogP contribution is 2.29. The Labute approximate surface area is 274 Å². The first kappa shape index (κ1) is 33.1. The van der Waals surface area contributed by atoms with Gasteiger partial charge >= 0.3 is 6.09 Å². The zero-order valence-electron chi connectivity index (χ0n) is 26.3. The average molecular weight is 634 g/mol. The predicted molar refractivity (Wildman–Crippen MR) is 177 cm³/mol. The molecule has 1 aliphatic rings. The van der Waals surface area contributed by atoms with E-state index in [-0.39, 0.29) is 38.3 Å². The normalized spacial score (nSPS) is 17.0. The summed E-state index contributed by atoms with van der Waals surface area (Å²) in [6.45, 7) is 2.02. The maximum atomic E-state index is 14.0. The molecule has 1 aliphatic heterocycles. The topological polar surface area (TPSA) is 126 Å². The Kier molecular flexibility index (Phi) is 11.1. The largest absolute Gasteiger partial charge is 0.445 e. The smallest absolute Gasteiger partial charge is 0.408 e. The Bertz CT molecular complexity index is 1630. The van der Waals surface area contributed by atoms with E-state index in [0.29, 0.717) is 0 Å². The van der Waals surface area contributed by atoms with E-state index >= 15 is 0 Å². The fourth-order valence-electron chi connectivity index (χ4n) is 5.25. The van der Waals surface area contributed by atoms with Crippen molar-refractivity contribution in [3.8, 4) is 0 Å². The van der Waals surface area contributed by atoms with E-state index in [2.05, 4.69) is 16.0 Å². The maximum Gasteiger partial charge on any atom is 0.408 e. The molecule has 0 saturated carbocycles. The molecule has 242 valence electrons. The SMILES string of the molecule is C[C@@]1(C(=O)[C@H](Cc2ccccc2)NC(=O)[C@H](Cc2ccccc2)NC(=O)[C@@H](Cc2ccccc2)NC(=O)OCc2ccccc2)CO1. The fourth-order valence-corrected chi connectivity index (χ4v) is 5.25. The van der Waals surface area contributed by atoms with E-state index in [0.717, 1.165) is 22.3 Å². The number of Topliss-reactive ketones (excluding diaryl/α,β-unsaturated/α-hetero) is 1. The van der Waals surface area contributed by atoms with Crippen molar-refractivity contribution in [1.29, 1.82) is 0 Å². The molecular formula is C38H39N3O6. The molecule has 4 aromatic carbocycles. The van der Waals surface area contributed by atoms with Gasteiger partial charge in [-0.1, -0.05) is 121 Å². The van der Waals surface area contributed by atoms with E-state index in [4.69, 9.17) is 9.47 Å². The van der Waals surface area contributed by atoms with Gasteiger partial charge in [-0.2, -0.15) is 0 Å². The number of hydrogen-bond donors (Lipinski definition) is 3. The molecule has 0 aliphatic carbocycles. The van der Waals surface area contributed by atoms with Gasteiger partial charge in [0.05, 0.1) is 12.6 Å². The first-order valence-electron chi connectivity index (χ1n) is 15.7. The summed E-state index contributed by atoms with van der Waals surface area (Å²) in [5.41, 5.74) is 2.34. The number of benzene rings is 4. The summed E-state index contributed by atoms with van der Waals surface area (Å²) in [5.74, 6) is -1.32. The van der Waals surface area contributed by atoms with Gasteiger partial charge in [-0.3, -0.25) is 14.4 Å². The number of nitrogens with one attached hydrogen (secondary N) is 3. The Hall–Kier alpha value is -5.28. The van der Waals surface area contributed by atoms with Crippen molar-refractivity contribution in [2.75, 3.05) is 6.61 Å². The Morgan fingerprint density at radius 2 is 0.957 bits per heavy atom. The summed E-state index contributed by atoms with van der Waals surface area (Å²) < 4.78 is 10.8. The minimum Gasteiger partial charge on any atom is -0.445 e. The number of carbonyl (C=O) groups is 4. The van der Waals surface area contributed by atoms with Gasteiger partial charge < -0.3 is 25.4 Å². The molecule has 1 heterocycles. The molecule has 1 fully saturated rings. The van der Waals surface area contributed by atoms with Crippen molar-refractivity contribution in [2.24, 2.45) is 0 Å². The molecule has 47 heavy (non-hydrogen) atoms. The fraction of sp³-hybridized carbons (Fsp3) is 0.263. The van der Waals surface area contributed by atoms with Gasteiger partial charge in [-0.15, -0.1) is 0 Å². The van der Waals surface area contributed by atoms with Crippen LogP contribution in [0.5, 0.6) is 0 Å². The molecule has 0 unspecified atom stereocenters. The van der Waals surface area contributed by atoms with Gasteiger partial charge in [0.15, 0.2) is 5.78 Å². The average Bonchev–Trinajstić information content (AvgIpc) is 3.86. The summed E-state index contributed by atoms with van der Waals surface area (Å²) in [4.78, 5) is 54.2. The first-order valence-corrected chi connectivity index (χ1v) is 15.7. The predicted octanol–water partition coefficient (Wildman–Crippen LogP) is 4.34. The van der Waals surface area contributed by atoms with Crippen LogP contribution in [0.2, 0.25) is 0 Å². The Balaban J connectivity index is 1.34. The van der Waals surface area contributed by atoms with Crippen molar-refractivity contribution < 1.29 is 28.7 Å². The van der Waals surface area contributed by atoms with Crippen LogP contribution in [0, 0.1) is 0 Å². The molecular weight excluding hydrogens is 594 g/mol. The van der Waals surface area contributed by atoms with E-state index in [1.165, 1.54) is 0 Å². The molecule has 0 bridgehead atoms. The Morgan fingerprint density at radius 3 is 1.38 bits per heavy atom. The second-order valence-electron chi connectivity index (χ2n) is 11.8. The van der Waals surface area contributed by atoms with Crippen LogP contribution in [-0.4, -0.2) is 54.0 Å². The summed E-state index contributed by atoms with van der Waals surface area (Å²) in [6.07, 6.45) is -0.172. The number of alkyl carbamates (subject to hydrolysis) is 1. The van der Waals surface area contributed by atoms with E-state index in [1.807, 2.05) is 121 Å². The first-order chi connectivity index (χ1) is 22.8. The lowest BCUT2D eigenvalue weighted by Gasteiger charge is -2.26. The minimum atomic E-state index is -1.05. The molecule has 0 spiro atoms. The van der Waals surface area contributed by atoms with Gasteiger partial charge in [0, 0.05) is 12.8 Å². The molecule has 1 saturated heterocycles. The zero-order chi connectivity index (χ0) is 33.1. The van der Waals surface area contributed by atoms with Crippen LogP contribution < -0.4 is 16.0 Å². The molecule has 3 amide bonds. The number of hydrogen-bond acceptors (Lipinski definition) is 6. The lowest BCUT2D eigenvalue weighted by atomic mass is 9.94. The standard InChI is InChI=1S/C38H39N3O6/c1-38(26-47-38)34(42)31(22-27-14-6-2-7-15-27)39-35(43)32(23-28-16-8-3-9-17-28)40-36(44)33(24-29-18-10-4-11-19-29)41-37(45)46-25-30-20-12-5-13-21-30/h2-21,31-33H,22-26H2,1H3,(H,39,43)(H,40,44)(H,41,45)/t31-,32-,33+,38-/m0/s1. The third kappa shape index (κ3) is 9.85. The van der Waals surface area contributed by atoms with Crippen LogP contribution in [0.25, 0.3) is 0 Å². The molecule has 3 N–H and O–H groups in total. The van der Waals surface area contributed by atoms with Crippen LogP contribution >= 0.6 is 0 Å². The highest BCUT2D eigenvalue weighted by Gasteiger charge is 2.50. The van der Waals surface area contributed by atoms with E-state index in [9.17, 15) is 19.2 Å². The third-order valence-corrected chi connectivity index (χ3v) is 8.03. The van der Waals surface area contributed by atoms with Crippen molar-refractivity contribution in [2.45, 2.75) is 56.5 Å². The summed E-state index contributed by atoms with van der Waals surface area (Å²) in [5, 5.41) is 8.46. The minimum absolute atomic E-state index is 0.0326. The molecule has 4 atom stereocenters. The number of ketones is 1. The van der Waals surface area contributed by atoms with Crippen LogP contribution in [0.4, 0.5) is 4.79 Å². The van der Waals surface area contributed by atoms with Crippen molar-refractivity contribution in [3.05, 3.63) is 144 Å². The maximum absolute atomic E-state index is 14.0. The third-order valence-electron chi connectivity index (χ3n) is 8.03. The monoisotopic (exact) mass is 633 g/mol. The van der Waals surface area contributed by atoms with Crippen LogP contribution in [0.15, 0.2) is 121 Å². The van der Waals surface area contributed by atoms with Gasteiger partial charge in [0.1, 0.15) is 24.3 Å². The molecule has 4 aromatic rings. The molecule has 0 radical (unpaired) electrons. The highest BCUT2D eigenvalue weighted by atomic mass is 16.6. The van der Waals surface area contributed by atoms with Crippen molar-refractivity contribution in [3.63, 3.8) is 0 Å². The van der Waals surface area contributed by atoms with Crippen LogP contribution in [0.3, 0.4) is 0 Å². The van der Waals surface area contributed by atoms with Crippen molar-refractivity contribution in [1.82, 2.24) is 16.0 Å². The molecule has 9 heteroatoms. The number of rotatable bonds is 15. The summed E-state index contributed by atoms with van der Waals surface area (Å²) >= 11 is 0. The molecule has 0 aromatic heterocycles. The van der Waals surface area contributed by atoms with Gasteiger partial charge in [0.2, 0.25) is 11.8 Å². The summed E-state index contributed by atoms with van der Waals surface area (Å²) in [7, 11) is 0. The zero-order valence-corrected chi connectivity index (χ0v) is 26.3. The second kappa shape index (κ2) is 15.8. The van der Waals surface area contributed by atoms with Crippen LogP contribution in [0.1, 0.15) is 29.2 Å². The van der Waals surface area contributed by atoms with E-state index in [1.54, 1.807) is 6.92 Å². The summed E-state index contributed by atoms with van der Waals surface area (Å²) in [6, 6.07) is 34.2. The van der Waals surface area contributed by atoms with E-state index < -0.39 is 41.6 Å². The van der Waals surface area contributed by atoms with Crippen molar-refractivity contribution >= 4 is 23.7 Å². The number of ether oxygens (including phenoxy) is 2. The number of carbonyl (C=O) groups excluding carboxylic acids is 4. The van der Waals surface area contributed by atoms with Crippen LogP contribution in [-0.2, 0) is 49.7 Å². The lowest BCUT2D eigenvalue weighted by Crippen LogP contribution is -2.58. The van der Waals surface area contributed by atoms with Gasteiger partial charge in [0.25, 0.3) is 0 Å². The number of amides is 3.